The van der Waals surface area contributed by atoms with Crippen LogP contribution in [0.5, 0.6) is 0 Å². The van der Waals surface area contributed by atoms with Gasteiger partial charge in [0.1, 0.15) is 17.6 Å². The molecule has 0 bridgehead atoms. The molecule has 0 aliphatic carbocycles. The van der Waals surface area contributed by atoms with Crippen LogP contribution in [0.1, 0.15) is 12.8 Å². The number of benzene rings is 1. The topological polar surface area (TPSA) is 71.3 Å². The van der Waals surface area contributed by atoms with Crippen LogP contribution >= 0.6 is 0 Å². The summed E-state index contributed by atoms with van der Waals surface area (Å²) in [5, 5.41) is 5.02. The van der Waals surface area contributed by atoms with Crippen LogP contribution in [0, 0.1) is 5.82 Å². The highest BCUT2D eigenvalue weighted by molar-refractivity contribution is 5.99. The van der Waals surface area contributed by atoms with Crippen LogP contribution in [0.3, 0.4) is 0 Å². The average molecular weight is 288 g/mol. The summed E-state index contributed by atoms with van der Waals surface area (Å²) in [4.78, 5) is 23.0. The highest BCUT2D eigenvalue weighted by Gasteiger charge is 2.27. The van der Waals surface area contributed by atoms with E-state index in [1.165, 1.54) is 18.4 Å². The fourth-order valence-electron chi connectivity index (χ4n) is 2.24. The summed E-state index contributed by atoms with van der Waals surface area (Å²) in [7, 11) is 0. The Labute approximate surface area is 120 Å². The molecule has 2 heterocycles. The fraction of sp³-hybridized carbons (Fsp3) is 0.200. The van der Waals surface area contributed by atoms with E-state index in [4.69, 9.17) is 4.42 Å². The molecule has 5 nitrogen and oxygen atoms in total. The summed E-state index contributed by atoms with van der Waals surface area (Å²) >= 11 is 0. The number of amides is 2. The maximum atomic E-state index is 14.0. The largest absolute Gasteiger partial charge is 0.464 e. The quantitative estimate of drug-likeness (QED) is 0.910. The molecule has 1 unspecified atom stereocenters. The van der Waals surface area contributed by atoms with Crippen molar-refractivity contribution in [3.63, 3.8) is 0 Å². The Morgan fingerprint density at radius 2 is 2.24 bits per heavy atom. The van der Waals surface area contributed by atoms with Crippen molar-refractivity contribution in [3.8, 4) is 11.3 Å². The van der Waals surface area contributed by atoms with E-state index in [1.807, 2.05) is 0 Å². The molecule has 1 fully saturated rings. The van der Waals surface area contributed by atoms with Gasteiger partial charge < -0.3 is 15.1 Å². The summed E-state index contributed by atoms with van der Waals surface area (Å²) in [6, 6.07) is 7.27. The molecule has 3 rings (SSSR count). The first-order chi connectivity index (χ1) is 10.1. The summed E-state index contributed by atoms with van der Waals surface area (Å²) in [5.41, 5.74) is 0.668. The van der Waals surface area contributed by atoms with Crippen LogP contribution in [0.25, 0.3) is 11.3 Å². The predicted octanol–water partition coefficient (Wildman–Crippen LogP) is 2.30. The van der Waals surface area contributed by atoms with Gasteiger partial charge in [0.15, 0.2) is 0 Å². The number of anilines is 1. The van der Waals surface area contributed by atoms with Gasteiger partial charge in [0.05, 0.1) is 12.0 Å². The molecule has 108 valence electrons. The number of nitrogens with one attached hydrogen (secondary N) is 2. The maximum absolute atomic E-state index is 14.0. The van der Waals surface area contributed by atoms with Gasteiger partial charge in [-0.15, -0.1) is 0 Å². The first kappa shape index (κ1) is 13.4. The summed E-state index contributed by atoms with van der Waals surface area (Å²) in [6.45, 7) is 0. The van der Waals surface area contributed by atoms with E-state index in [9.17, 15) is 14.0 Å². The van der Waals surface area contributed by atoms with Crippen molar-refractivity contribution in [2.75, 3.05) is 5.32 Å². The molecule has 21 heavy (non-hydrogen) atoms. The molecule has 2 aromatic rings. The SMILES string of the molecule is O=C1CCC(C(=O)Nc2ccc(-c3ccco3)cc2F)N1. The number of hydrogen-bond acceptors (Lipinski definition) is 3. The molecule has 6 heteroatoms. The number of rotatable bonds is 3. The highest BCUT2D eigenvalue weighted by Crippen LogP contribution is 2.25. The van der Waals surface area contributed by atoms with Crippen molar-refractivity contribution in [1.82, 2.24) is 5.32 Å². The van der Waals surface area contributed by atoms with Crippen molar-refractivity contribution in [3.05, 3.63) is 42.4 Å². The average Bonchev–Trinajstić information content (AvgIpc) is 3.12. The molecule has 1 saturated heterocycles. The molecule has 0 saturated carbocycles. The van der Waals surface area contributed by atoms with Crippen molar-refractivity contribution < 1.29 is 18.4 Å². The van der Waals surface area contributed by atoms with Gasteiger partial charge >= 0.3 is 0 Å². The third kappa shape index (κ3) is 2.79. The Morgan fingerprint density at radius 1 is 1.38 bits per heavy atom. The van der Waals surface area contributed by atoms with Gasteiger partial charge in [-0.25, -0.2) is 4.39 Å². The molecule has 1 aromatic heterocycles. The molecule has 2 amide bonds. The second-order valence-electron chi connectivity index (χ2n) is 4.82. The van der Waals surface area contributed by atoms with E-state index in [0.29, 0.717) is 24.2 Å². The molecule has 0 radical (unpaired) electrons. The third-order valence-corrected chi connectivity index (χ3v) is 3.34. The Bertz CT molecular complexity index is 682. The number of carbonyl (C=O) groups is 2. The Hall–Kier alpha value is -2.63. The van der Waals surface area contributed by atoms with Crippen LogP contribution in [0.2, 0.25) is 0 Å². The van der Waals surface area contributed by atoms with E-state index in [2.05, 4.69) is 10.6 Å². The smallest absolute Gasteiger partial charge is 0.247 e. The predicted molar refractivity (Wildman–Crippen MR) is 73.9 cm³/mol. The summed E-state index contributed by atoms with van der Waals surface area (Å²) in [6.07, 6.45) is 2.25. The van der Waals surface area contributed by atoms with Crippen LogP contribution in [0.15, 0.2) is 41.0 Å². The minimum absolute atomic E-state index is 0.0801. The van der Waals surface area contributed by atoms with Crippen LogP contribution in [0.4, 0.5) is 10.1 Å². The van der Waals surface area contributed by atoms with Gasteiger partial charge in [0.25, 0.3) is 0 Å². The number of hydrogen-bond donors (Lipinski definition) is 2. The van der Waals surface area contributed by atoms with Crippen molar-refractivity contribution in [1.29, 1.82) is 0 Å². The molecular formula is C15H13FN2O3. The minimum atomic E-state index is -0.596. The Balaban J connectivity index is 1.74. The lowest BCUT2D eigenvalue weighted by Gasteiger charge is -2.12. The van der Waals surface area contributed by atoms with Crippen molar-refractivity contribution in [2.45, 2.75) is 18.9 Å². The standard InChI is InChI=1S/C15H13FN2O3/c16-10-8-9(13-2-1-7-21-13)3-4-11(10)18-15(20)12-5-6-14(19)17-12/h1-4,7-8,12H,5-6H2,(H,17,19)(H,18,20). The Kier molecular flexibility index (Phi) is 3.43. The van der Waals surface area contributed by atoms with Crippen LogP contribution in [-0.2, 0) is 9.59 Å². The molecule has 1 aliphatic rings. The van der Waals surface area contributed by atoms with Crippen molar-refractivity contribution >= 4 is 17.5 Å². The lowest BCUT2D eigenvalue weighted by Crippen LogP contribution is -2.37. The Morgan fingerprint density at radius 3 is 2.86 bits per heavy atom. The highest BCUT2D eigenvalue weighted by atomic mass is 19.1. The van der Waals surface area contributed by atoms with Gasteiger partial charge in [-0.1, -0.05) is 0 Å². The van der Waals surface area contributed by atoms with Crippen LogP contribution < -0.4 is 10.6 Å². The summed E-state index contributed by atoms with van der Waals surface area (Å²) in [5.74, 6) is -0.578. The molecule has 2 N–H and O–H groups in total. The number of furan rings is 1. The lowest BCUT2D eigenvalue weighted by molar-refractivity contribution is -0.122. The normalized spacial score (nSPS) is 17.6. The lowest BCUT2D eigenvalue weighted by atomic mass is 10.1. The molecule has 1 atom stereocenters. The monoisotopic (exact) mass is 288 g/mol. The van der Waals surface area contributed by atoms with E-state index < -0.39 is 17.8 Å². The minimum Gasteiger partial charge on any atom is -0.464 e. The molecule has 1 aromatic carbocycles. The van der Waals surface area contributed by atoms with E-state index in [0.717, 1.165) is 0 Å². The third-order valence-electron chi connectivity index (χ3n) is 3.34. The summed E-state index contributed by atoms with van der Waals surface area (Å²) < 4.78 is 19.2. The molecule has 1 aliphatic heterocycles. The zero-order valence-electron chi connectivity index (χ0n) is 11.1. The van der Waals surface area contributed by atoms with Gasteiger partial charge in [-0.3, -0.25) is 9.59 Å². The fourth-order valence-corrected chi connectivity index (χ4v) is 2.24. The van der Waals surface area contributed by atoms with E-state index in [-0.39, 0.29) is 11.6 Å². The first-order valence-corrected chi connectivity index (χ1v) is 6.57. The zero-order chi connectivity index (χ0) is 14.8. The second kappa shape index (κ2) is 5.40. The van der Waals surface area contributed by atoms with Gasteiger partial charge in [-0.05, 0) is 36.8 Å². The number of carbonyl (C=O) groups excluding carboxylic acids is 2. The van der Waals surface area contributed by atoms with E-state index >= 15 is 0 Å². The first-order valence-electron chi connectivity index (χ1n) is 6.57. The van der Waals surface area contributed by atoms with Crippen molar-refractivity contribution in [2.24, 2.45) is 0 Å². The second-order valence-corrected chi connectivity index (χ2v) is 4.82. The van der Waals surface area contributed by atoms with Gasteiger partial charge in [-0.2, -0.15) is 0 Å². The van der Waals surface area contributed by atoms with Gasteiger partial charge in [0.2, 0.25) is 11.8 Å². The molecular weight excluding hydrogens is 275 g/mol. The van der Waals surface area contributed by atoms with Crippen LogP contribution in [-0.4, -0.2) is 17.9 Å². The van der Waals surface area contributed by atoms with Gasteiger partial charge in [0, 0.05) is 12.0 Å². The zero-order valence-corrected chi connectivity index (χ0v) is 11.1. The maximum Gasteiger partial charge on any atom is 0.247 e. The van der Waals surface area contributed by atoms with E-state index in [1.54, 1.807) is 18.2 Å². The molecule has 0 spiro atoms. The number of halogens is 1.